The Morgan fingerprint density at radius 1 is 1.24 bits per heavy atom. The molecular formula is C14H24N2O. The summed E-state index contributed by atoms with van der Waals surface area (Å²) in [5.41, 5.74) is 0. The lowest BCUT2D eigenvalue weighted by molar-refractivity contribution is -0.126. The molecule has 0 radical (unpaired) electrons. The standard InChI is InChI=1S/C14H24N2O/c1-10(2)11(3)14(17)16-13(9-15)12-7-5-4-6-8-12/h10-13H,4-8H2,1-3H3,(H,16,17). The predicted molar refractivity (Wildman–Crippen MR) is 68.1 cm³/mol. The average molecular weight is 236 g/mol. The van der Waals surface area contributed by atoms with E-state index in [0.717, 1.165) is 12.8 Å². The van der Waals surface area contributed by atoms with Crippen LogP contribution in [0.15, 0.2) is 0 Å². The third-order valence-electron chi connectivity index (χ3n) is 3.97. The molecule has 0 spiro atoms. The largest absolute Gasteiger partial charge is 0.340 e. The fourth-order valence-corrected chi connectivity index (χ4v) is 2.31. The van der Waals surface area contributed by atoms with Crippen LogP contribution in [0.5, 0.6) is 0 Å². The van der Waals surface area contributed by atoms with Crippen LogP contribution in [-0.4, -0.2) is 11.9 Å². The molecule has 0 saturated heterocycles. The molecule has 3 heteroatoms. The van der Waals surface area contributed by atoms with E-state index in [0.29, 0.717) is 11.8 Å². The molecule has 1 fully saturated rings. The number of nitrogens with zero attached hydrogens (tertiary/aromatic N) is 1. The molecule has 1 aliphatic rings. The first-order chi connectivity index (χ1) is 8.06. The second kappa shape index (κ2) is 6.64. The molecule has 0 aromatic carbocycles. The minimum atomic E-state index is -0.288. The van der Waals surface area contributed by atoms with Crippen molar-refractivity contribution in [3.8, 4) is 6.07 Å². The van der Waals surface area contributed by atoms with Crippen molar-refractivity contribution in [1.29, 1.82) is 5.26 Å². The highest BCUT2D eigenvalue weighted by atomic mass is 16.1. The third-order valence-corrected chi connectivity index (χ3v) is 3.97. The van der Waals surface area contributed by atoms with Crippen molar-refractivity contribution in [1.82, 2.24) is 5.32 Å². The first-order valence-corrected chi connectivity index (χ1v) is 6.76. The van der Waals surface area contributed by atoms with E-state index in [1.165, 1.54) is 19.3 Å². The quantitative estimate of drug-likeness (QED) is 0.816. The van der Waals surface area contributed by atoms with E-state index in [9.17, 15) is 10.1 Å². The number of nitriles is 1. The molecule has 1 amide bonds. The second-order valence-corrected chi connectivity index (χ2v) is 5.55. The molecule has 2 unspecified atom stereocenters. The monoisotopic (exact) mass is 236 g/mol. The molecular weight excluding hydrogens is 212 g/mol. The maximum atomic E-state index is 11.9. The number of hydrogen-bond donors (Lipinski definition) is 1. The Bertz CT molecular complexity index is 287. The first-order valence-electron chi connectivity index (χ1n) is 6.76. The minimum absolute atomic E-state index is 0.0190. The van der Waals surface area contributed by atoms with Crippen LogP contribution >= 0.6 is 0 Å². The molecule has 96 valence electrons. The van der Waals surface area contributed by atoms with Crippen molar-refractivity contribution < 1.29 is 4.79 Å². The van der Waals surface area contributed by atoms with Gasteiger partial charge in [0, 0.05) is 5.92 Å². The van der Waals surface area contributed by atoms with Crippen LogP contribution in [0.3, 0.4) is 0 Å². The summed E-state index contributed by atoms with van der Waals surface area (Å²) in [7, 11) is 0. The van der Waals surface area contributed by atoms with Gasteiger partial charge in [0.15, 0.2) is 0 Å². The Labute approximate surface area is 105 Å². The van der Waals surface area contributed by atoms with E-state index in [1.807, 2.05) is 20.8 Å². The van der Waals surface area contributed by atoms with Gasteiger partial charge in [0.05, 0.1) is 6.07 Å². The van der Waals surface area contributed by atoms with Gasteiger partial charge in [-0.15, -0.1) is 0 Å². The van der Waals surface area contributed by atoms with Gasteiger partial charge in [-0.2, -0.15) is 5.26 Å². The van der Waals surface area contributed by atoms with Gasteiger partial charge in [-0.3, -0.25) is 4.79 Å². The van der Waals surface area contributed by atoms with Crippen molar-refractivity contribution in [2.75, 3.05) is 0 Å². The van der Waals surface area contributed by atoms with Crippen LogP contribution in [0, 0.1) is 29.1 Å². The normalized spacial score (nSPS) is 20.6. The highest BCUT2D eigenvalue weighted by molar-refractivity contribution is 5.79. The summed E-state index contributed by atoms with van der Waals surface area (Å²) < 4.78 is 0. The lowest BCUT2D eigenvalue weighted by Gasteiger charge is -2.27. The van der Waals surface area contributed by atoms with Crippen LogP contribution < -0.4 is 5.32 Å². The summed E-state index contributed by atoms with van der Waals surface area (Å²) in [6.45, 7) is 5.99. The fraction of sp³-hybridized carbons (Fsp3) is 0.857. The summed E-state index contributed by atoms with van der Waals surface area (Å²) in [4.78, 5) is 11.9. The van der Waals surface area contributed by atoms with Gasteiger partial charge in [0.2, 0.25) is 5.91 Å². The Balaban J connectivity index is 2.51. The first kappa shape index (κ1) is 14.0. The molecule has 17 heavy (non-hydrogen) atoms. The Hall–Kier alpha value is -1.04. The minimum Gasteiger partial charge on any atom is -0.340 e. The summed E-state index contributed by atoms with van der Waals surface area (Å²) in [5, 5.41) is 12.1. The summed E-state index contributed by atoms with van der Waals surface area (Å²) in [6.07, 6.45) is 5.81. The molecule has 3 nitrogen and oxygen atoms in total. The number of rotatable bonds is 4. The molecule has 1 rings (SSSR count). The van der Waals surface area contributed by atoms with E-state index in [2.05, 4.69) is 11.4 Å². The van der Waals surface area contributed by atoms with Crippen LogP contribution in [0.4, 0.5) is 0 Å². The SMILES string of the molecule is CC(C)C(C)C(=O)NC(C#N)C1CCCCC1. The molecule has 1 saturated carbocycles. The Kier molecular flexibility index (Phi) is 5.47. The van der Waals surface area contributed by atoms with Crippen LogP contribution in [-0.2, 0) is 4.79 Å². The topological polar surface area (TPSA) is 52.9 Å². The summed E-state index contributed by atoms with van der Waals surface area (Å²) in [6, 6.07) is 1.98. The fourth-order valence-electron chi connectivity index (χ4n) is 2.31. The van der Waals surface area contributed by atoms with Gasteiger partial charge in [-0.05, 0) is 24.7 Å². The van der Waals surface area contributed by atoms with Crippen molar-refractivity contribution in [3.05, 3.63) is 0 Å². The van der Waals surface area contributed by atoms with Gasteiger partial charge in [-0.1, -0.05) is 40.0 Å². The van der Waals surface area contributed by atoms with Gasteiger partial charge < -0.3 is 5.32 Å². The van der Waals surface area contributed by atoms with Crippen molar-refractivity contribution in [2.24, 2.45) is 17.8 Å². The number of hydrogen-bond acceptors (Lipinski definition) is 2. The second-order valence-electron chi connectivity index (χ2n) is 5.55. The number of nitrogens with one attached hydrogen (secondary N) is 1. The molecule has 1 aliphatic carbocycles. The van der Waals surface area contributed by atoms with E-state index < -0.39 is 0 Å². The zero-order chi connectivity index (χ0) is 12.8. The highest BCUT2D eigenvalue weighted by Gasteiger charge is 2.27. The molecule has 0 aliphatic heterocycles. The number of amides is 1. The zero-order valence-corrected chi connectivity index (χ0v) is 11.2. The van der Waals surface area contributed by atoms with Gasteiger partial charge in [-0.25, -0.2) is 0 Å². The maximum absolute atomic E-state index is 11.9. The summed E-state index contributed by atoms with van der Waals surface area (Å²) in [5.74, 6) is 0.685. The van der Waals surface area contributed by atoms with E-state index in [-0.39, 0.29) is 17.9 Å². The maximum Gasteiger partial charge on any atom is 0.224 e. The van der Waals surface area contributed by atoms with Gasteiger partial charge in [0.25, 0.3) is 0 Å². The van der Waals surface area contributed by atoms with Crippen LogP contribution in [0.2, 0.25) is 0 Å². The van der Waals surface area contributed by atoms with Gasteiger partial charge >= 0.3 is 0 Å². The van der Waals surface area contributed by atoms with E-state index in [1.54, 1.807) is 0 Å². The molecule has 0 bridgehead atoms. The molecule has 2 atom stereocenters. The smallest absolute Gasteiger partial charge is 0.224 e. The Morgan fingerprint density at radius 2 is 1.82 bits per heavy atom. The highest BCUT2D eigenvalue weighted by Crippen LogP contribution is 2.26. The molecule has 0 aromatic heterocycles. The van der Waals surface area contributed by atoms with Crippen molar-refractivity contribution >= 4 is 5.91 Å². The van der Waals surface area contributed by atoms with E-state index in [4.69, 9.17) is 0 Å². The molecule has 0 heterocycles. The Morgan fingerprint density at radius 3 is 2.29 bits per heavy atom. The van der Waals surface area contributed by atoms with Gasteiger partial charge in [0.1, 0.15) is 6.04 Å². The predicted octanol–water partition coefficient (Wildman–Crippen LogP) is 2.87. The molecule has 0 aromatic rings. The summed E-state index contributed by atoms with van der Waals surface area (Å²) >= 11 is 0. The zero-order valence-electron chi connectivity index (χ0n) is 11.2. The van der Waals surface area contributed by atoms with Crippen LogP contribution in [0.25, 0.3) is 0 Å². The number of carbonyl (C=O) groups is 1. The number of carbonyl (C=O) groups excluding carboxylic acids is 1. The third kappa shape index (κ3) is 4.03. The van der Waals surface area contributed by atoms with Crippen molar-refractivity contribution in [2.45, 2.75) is 58.9 Å². The van der Waals surface area contributed by atoms with Crippen LogP contribution in [0.1, 0.15) is 52.9 Å². The van der Waals surface area contributed by atoms with E-state index >= 15 is 0 Å². The lowest BCUT2D eigenvalue weighted by Crippen LogP contribution is -2.43. The molecule has 1 N–H and O–H groups in total. The average Bonchev–Trinajstić information content (AvgIpc) is 2.35. The van der Waals surface area contributed by atoms with Crippen molar-refractivity contribution in [3.63, 3.8) is 0 Å². The lowest BCUT2D eigenvalue weighted by atomic mass is 9.84.